The Morgan fingerprint density at radius 3 is 2.30 bits per heavy atom. The lowest BCUT2D eigenvalue weighted by Crippen LogP contribution is -2.40. The zero-order valence-corrected chi connectivity index (χ0v) is 7.27. The maximum Gasteiger partial charge on any atom is 0.111 e. The smallest absolute Gasteiger partial charge is 0.111 e. The fourth-order valence-electron chi connectivity index (χ4n) is 1.13. The molecule has 0 aromatic carbocycles. The summed E-state index contributed by atoms with van der Waals surface area (Å²) < 4.78 is 5.52. The third kappa shape index (κ3) is 1.70. The van der Waals surface area contributed by atoms with E-state index < -0.39 is 0 Å². The van der Waals surface area contributed by atoms with Crippen LogP contribution in [0.3, 0.4) is 0 Å². The molecule has 1 atom stereocenters. The number of hydrogen-bond acceptors (Lipinski definition) is 2. The van der Waals surface area contributed by atoms with Crippen molar-refractivity contribution in [3.05, 3.63) is 0 Å². The first-order chi connectivity index (χ1) is 4.51. The van der Waals surface area contributed by atoms with Gasteiger partial charge in [0.25, 0.3) is 0 Å². The van der Waals surface area contributed by atoms with Crippen molar-refractivity contribution in [3.8, 4) is 0 Å². The quantitative estimate of drug-likeness (QED) is 0.598. The lowest BCUT2D eigenvalue weighted by molar-refractivity contribution is 0.0636. The molecule has 2 nitrogen and oxygen atoms in total. The molecule has 0 radical (unpaired) electrons. The van der Waals surface area contributed by atoms with Gasteiger partial charge in [0, 0.05) is 5.54 Å². The minimum absolute atomic E-state index is 0.176. The average Bonchev–Trinajstić information content (AvgIpc) is 2.10. The van der Waals surface area contributed by atoms with Gasteiger partial charge in [-0.05, 0) is 19.8 Å². The summed E-state index contributed by atoms with van der Waals surface area (Å²) in [6.07, 6.45) is 0.259. The van der Waals surface area contributed by atoms with E-state index in [4.69, 9.17) is 4.74 Å². The highest BCUT2D eigenvalue weighted by atomic mass is 16.5. The molecule has 1 saturated heterocycles. The molecule has 0 aromatic rings. The fraction of sp³-hybridized carbons (Fsp3) is 1.00. The molecule has 1 aliphatic rings. The number of rotatable bonds is 1. The van der Waals surface area contributed by atoms with Gasteiger partial charge in [0.1, 0.15) is 6.23 Å². The fourth-order valence-corrected chi connectivity index (χ4v) is 1.13. The highest BCUT2D eigenvalue weighted by Crippen LogP contribution is 2.18. The second kappa shape index (κ2) is 2.51. The lowest BCUT2D eigenvalue weighted by Gasteiger charge is -2.18. The normalized spacial score (nSPS) is 31.5. The van der Waals surface area contributed by atoms with Crippen molar-refractivity contribution in [1.82, 2.24) is 5.32 Å². The molecule has 0 saturated carbocycles. The van der Waals surface area contributed by atoms with Crippen LogP contribution in [0.2, 0.25) is 0 Å². The molecule has 10 heavy (non-hydrogen) atoms. The molecule has 1 heterocycles. The second-order valence-electron chi connectivity index (χ2n) is 4.00. The van der Waals surface area contributed by atoms with Gasteiger partial charge in [-0.1, -0.05) is 13.8 Å². The van der Waals surface area contributed by atoms with Gasteiger partial charge in [0.2, 0.25) is 0 Å². The van der Waals surface area contributed by atoms with Crippen molar-refractivity contribution in [3.63, 3.8) is 0 Å². The Kier molecular flexibility index (Phi) is 2.02. The average molecular weight is 143 g/mol. The van der Waals surface area contributed by atoms with E-state index in [1.165, 1.54) is 0 Å². The standard InChI is InChI=1S/C8H17NO/c1-6(2)7-9-8(3,4)5-10-7/h6-7,9H,5H2,1-4H3/t7-/m0/s1. The van der Waals surface area contributed by atoms with Crippen molar-refractivity contribution < 1.29 is 4.74 Å². The van der Waals surface area contributed by atoms with Crippen molar-refractivity contribution in [2.75, 3.05) is 6.61 Å². The summed E-state index contributed by atoms with van der Waals surface area (Å²) in [5.74, 6) is 0.571. The van der Waals surface area contributed by atoms with E-state index >= 15 is 0 Å². The van der Waals surface area contributed by atoms with E-state index in [2.05, 4.69) is 33.0 Å². The Labute approximate surface area is 63.0 Å². The van der Waals surface area contributed by atoms with E-state index in [0.29, 0.717) is 5.92 Å². The van der Waals surface area contributed by atoms with Crippen LogP contribution in [0.25, 0.3) is 0 Å². The third-order valence-corrected chi connectivity index (χ3v) is 1.76. The summed E-state index contributed by atoms with van der Waals surface area (Å²) in [7, 11) is 0. The van der Waals surface area contributed by atoms with Crippen LogP contribution in [0, 0.1) is 5.92 Å². The number of nitrogens with one attached hydrogen (secondary N) is 1. The van der Waals surface area contributed by atoms with Gasteiger partial charge >= 0.3 is 0 Å². The second-order valence-corrected chi connectivity index (χ2v) is 4.00. The molecule has 1 rings (SSSR count). The highest BCUT2D eigenvalue weighted by Gasteiger charge is 2.31. The summed E-state index contributed by atoms with van der Waals surface area (Å²) in [4.78, 5) is 0. The van der Waals surface area contributed by atoms with Gasteiger partial charge in [-0.3, -0.25) is 5.32 Å². The SMILES string of the molecule is CC(C)[C@H]1NC(C)(C)CO1. The first-order valence-electron chi connectivity index (χ1n) is 3.90. The number of ether oxygens (including phenoxy) is 1. The van der Waals surface area contributed by atoms with Crippen LogP contribution in [-0.2, 0) is 4.74 Å². The van der Waals surface area contributed by atoms with Crippen LogP contribution in [0.1, 0.15) is 27.7 Å². The Hall–Kier alpha value is -0.0800. The summed E-state index contributed by atoms with van der Waals surface area (Å²) in [6.45, 7) is 9.48. The molecule has 1 fully saturated rings. The molecule has 0 amide bonds. The molecule has 2 heteroatoms. The molecule has 60 valence electrons. The maximum atomic E-state index is 5.52. The summed E-state index contributed by atoms with van der Waals surface area (Å²) in [5.41, 5.74) is 0.176. The zero-order chi connectivity index (χ0) is 7.78. The summed E-state index contributed by atoms with van der Waals surface area (Å²) >= 11 is 0. The van der Waals surface area contributed by atoms with Crippen molar-refractivity contribution >= 4 is 0 Å². The molecular weight excluding hydrogens is 126 g/mol. The van der Waals surface area contributed by atoms with Crippen LogP contribution < -0.4 is 5.32 Å². The van der Waals surface area contributed by atoms with Crippen molar-refractivity contribution in [2.45, 2.75) is 39.5 Å². The van der Waals surface area contributed by atoms with Crippen LogP contribution in [-0.4, -0.2) is 18.4 Å². The van der Waals surface area contributed by atoms with Crippen molar-refractivity contribution in [1.29, 1.82) is 0 Å². The summed E-state index contributed by atoms with van der Waals surface area (Å²) in [5, 5.41) is 3.41. The van der Waals surface area contributed by atoms with Gasteiger partial charge < -0.3 is 4.74 Å². The topological polar surface area (TPSA) is 21.3 Å². The Morgan fingerprint density at radius 1 is 1.50 bits per heavy atom. The Bertz CT molecular complexity index is 120. The molecule has 1 N–H and O–H groups in total. The molecule has 0 aromatic heterocycles. The molecule has 1 aliphatic heterocycles. The third-order valence-electron chi connectivity index (χ3n) is 1.76. The van der Waals surface area contributed by atoms with Crippen LogP contribution in [0.15, 0.2) is 0 Å². The van der Waals surface area contributed by atoms with E-state index in [1.54, 1.807) is 0 Å². The van der Waals surface area contributed by atoms with Gasteiger partial charge in [0.15, 0.2) is 0 Å². The monoisotopic (exact) mass is 143 g/mol. The van der Waals surface area contributed by atoms with E-state index in [1.807, 2.05) is 0 Å². The summed E-state index contributed by atoms with van der Waals surface area (Å²) in [6, 6.07) is 0. The van der Waals surface area contributed by atoms with Gasteiger partial charge in [0.05, 0.1) is 6.61 Å². The van der Waals surface area contributed by atoms with Crippen LogP contribution in [0.5, 0.6) is 0 Å². The van der Waals surface area contributed by atoms with E-state index in [9.17, 15) is 0 Å². The number of hydrogen-bond donors (Lipinski definition) is 1. The van der Waals surface area contributed by atoms with E-state index in [-0.39, 0.29) is 11.8 Å². The lowest BCUT2D eigenvalue weighted by atomic mass is 10.1. The van der Waals surface area contributed by atoms with Gasteiger partial charge in [-0.15, -0.1) is 0 Å². The van der Waals surface area contributed by atoms with Crippen LogP contribution in [0.4, 0.5) is 0 Å². The maximum absolute atomic E-state index is 5.52. The van der Waals surface area contributed by atoms with Crippen LogP contribution >= 0.6 is 0 Å². The van der Waals surface area contributed by atoms with Crippen molar-refractivity contribution in [2.24, 2.45) is 5.92 Å². The minimum atomic E-state index is 0.176. The molecule has 0 unspecified atom stereocenters. The largest absolute Gasteiger partial charge is 0.361 e. The Morgan fingerprint density at radius 2 is 2.10 bits per heavy atom. The molecular formula is C8H17NO. The molecule has 0 bridgehead atoms. The zero-order valence-electron chi connectivity index (χ0n) is 7.27. The molecule has 0 aliphatic carbocycles. The Balaban J connectivity index is 2.43. The van der Waals surface area contributed by atoms with E-state index in [0.717, 1.165) is 6.61 Å². The first-order valence-corrected chi connectivity index (χ1v) is 3.90. The first kappa shape index (κ1) is 8.02. The highest BCUT2D eigenvalue weighted by molar-refractivity contribution is 4.85. The predicted octanol–water partition coefficient (Wildman–Crippen LogP) is 1.37. The van der Waals surface area contributed by atoms with Gasteiger partial charge in [-0.2, -0.15) is 0 Å². The predicted molar refractivity (Wildman–Crippen MR) is 41.8 cm³/mol. The minimum Gasteiger partial charge on any atom is -0.361 e. The molecule has 0 spiro atoms. The van der Waals surface area contributed by atoms with Gasteiger partial charge in [-0.25, -0.2) is 0 Å².